The maximum atomic E-state index is 7.07. The van der Waals surface area contributed by atoms with Crippen molar-refractivity contribution in [3.8, 4) is 0 Å². The second kappa shape index (κ2) is 4.09. The van der Waals surface area contributed by atoms with Crippen molar-refractivity contribution in [2.45, 2.75) is 5.16 Å². The Morgan fingerprint density at radius 1 is 1.36 bits per heavy atom. The molecule has 0 aliphatic heterocycles. The van der Waals surface area contributed by atoms with Crippen LogP contribution in [0.25, 0.3) is 0 Å². The summed E-state index contributed by atoms with van der Waals surface area (Å²) in [5, 5.41) is 7.31. The molecular weight excluding hydrogens is 202 g/mol. The predicted octanol–water partition coefficient (Wildman–Crippen LogP) is -0.495. The lowest BCUT2D eigenvalue weighted by Gasteiger charge is -2.10. The highest BCUT2D eigenvalue weighted by Crippen LogP contribution is 2.15. The Bertz CT molecular complexity index is 350. The quantitative estimate of drug-likeness (QED) is 0.344. The van der Waals surface area contributed by atoms with Crippen LogP contribution < -0.4 is 16.4 Å². The molecule has 7 nitrogen and oxygen atoms in total. The second-order valence-electron chi connectivity index (χ2n) is 2.64. The summed E-state index contributed by atoms with van der Waals surface area (Å²) in [7, 11) is 3.58. The molecule has 76 valence electrons. The maximum absolute atomic E-state index is 7.07. The van der Waals surface area contributed by atoms with Gasteiger partial charge in [0.05, 0.1) is 0 Å². The number of anilines is 2. The highest BCUT2D eigenvalue weighted by molar-refractivity contribution is 8.13. The molecule has 14 heavy (non-hydrogen) atoms. The number of amidine groups is 1. The van der Waals surface area contributed by atoms with Gasteiger partial charge in [0.1, 0.15) is 0 Å². The van der Waals surface area contributed by atoms with Crippen LogP contribution in [0.5, 0.6) is 0 Å². The molecule has 0 saturated carbocycles. The first-order chi connectivity index (χ1) is 6.49. The minimum Gasteiger partial charge on any atom is -0.378 e. The van der Waals surface area contributed by atoms with Gasteiger partial charge in [0.15, 0.2) is 5.17 Å². The Hall–Kier alpha value is -1.57. The molecule has 8 heteroatoms. The van der Waals surface area contributed by atoms with Crippen molar-refractivity contribution in [3.63, 3.8) is 0 Å². The Morgan fingerprint density at radius 2 is 2.00 bits per heavy atom. The zero-order chi connectivity index (χ0) is 10.7. The first-order valence-corrected chi connectivity index (χ1v) is 4.51. The van der Waals surface area contributed by atoms with Crippen LogP contribution in [0, 0.1) is 5.41 Å². The molecule has 5 N–H and O–H groups in total. The van der Waals surface area contributed by atoms with Crippen molar-refractivity contribution in [2.24, 2.45) is 5.73 Å². The van der Waals surface area contributed by atoms with Crippen molar-refractivity contribution in [1.29, 1.82) is 5.41 Å². The molecule has 0 aliphatic carbocycles. The molecule has 0 unspecified atom stereocenters. The van der Waals surface area contributed by atoms with Crippen molar-refractivity contribution >= 4 is 28.8 Å². The Morgan fingerprint density at radius 3 is 2.50 bits per heavy atom. The van der Waals surface area contributed by atoms with E-state index in [4.69, 9.17) is 16.9 Å². The summed E-state index contributed by atoms with van der Waals surface area (Å²) in [4.78, 5) is 13.5. The van der Waals surface area contributed by atoms with Crippen LogP contribution >= 0.6 is 11.8 Å². The van der Waals surface area contributed by atoms with Crippen molar-refractivity contribution in [1.82, 2.24) is 15.0 Å². The average Bonchev–Trinajstić information content (AvgIpc) is 2.01. The minimum atomic E-state index is -0.0830. The van der Waals surface area contributed by atoms with E-state index in [1.807, 2.05) is 0 Å². The van der Waals surface area contributed by atoms with Crippen LogP contribution in [0.15, 0.2) is 5.16 Å². The molecule has 1 rings (SSSR count). The number of rotatable bonds is 2. The smallest absolute Gasteiger partial charge is 0.230 e. The molecular formula is C6H11N7S. The van der Waals surface area contributed by atoms with Crippen LogP contribution in [-0.4, -0.2) is 34.2 Å². The van der Waals surface area contributed by atoms with Gasteiger partial charge in [0.25, 0.3) is 0 Å². The van der Waals surface area contributed by atoms with Crippen molar-refractivity contribution in [2.75, 3.05) is 24.7 Å². The molecule has 0 aromatic carbocycles. The minimum absolute atomic E-state index is 0.0830. The second-order valence-corrected chi connectivity index (χ2v) is 3.65. The van der Waals surface area contributed by atoms with E-state index in [0.29, 0.717) is 11.1 Å². The third kappa shape index (κ3) is 2.73. The molecule has 0 atom stereocenters. The Kier molecular flexibility index (Phi) is 3.07. The molecule has 1 heterocycles. The first kappa shape index (κ1) is 10.5. The van der Waals surface area contributed by atoms with Gasteiger partial charge >= 0.3 is 0 Å². The van der Waals surface area contributed by atoms with Crippen LogP contribution in [0.2, 0.25) is 0 Å². The number of nitrogen functional groups attached to an aromatic ring is 1. The van der Waals surface area contributed by atoms with E-state index >= 15 is 0 Å². The lowest BCUT2D eigenvalue weighted by atomic mass is 10.8. The van der Waals surface area contributed by atoms with Gasteiger partial charge in [-0.2, -0.15) is 15.0 Å². The van der Waals surface area contributed by atoms with E-state index in [1.54, 1.807) is 19.0 Å². The van der Waals surface area contributed by atoms with E-state index in [2.05, 4.69) is 15.0 Å². The lowest BCUT2D eigenvalue weighted by molar-refractivity contribution is 0.878. The molecule has 1 aromatic rings. The highest BCUT2D eigenvalue weighted by Gasteiger charge is 2.07. The van der Waals surface area contributed by atoms with Gasteiger partial charge in [-0.05, 0) is 11.8 Å². The van der Waals surface area contributed by atoms with Gasteiger partial charge in [-0.1, -0.05) is 0 Å². The fourth-order valence-electron chi connectivity index (χ4n) is 0.705. The number of thioether (sulfide) groups is 1. The van der Waals surface area contributed by atoms with E-state index in [0.717, 1.165) is 11.8 Å². The predicted molar refractivity (Wildman–Crippen MR) is 56.3 cm³/mol. The van der Waals surface area contributed by atoms with E-state index < -0.39 is 0 Å². The third-order valence-corrected chi connectivity index (χ3v) is 1.81. The maximum Gasteiger partial charge on any atom is 0.230 e. The summed E-state index contributed by atoms with van der Waals surface area (Å²) >= 11 is 0.936. The summed E-state index contributed by atoms with van der Waals surface area (Å²) < 4.78 is 0. The first-order valence-electron chi connectivity index (χ1n) is 3.70. The van der Waals surface area contributed by atoms with Gasteiger partial charge in [0, 0.05) is 14.1 Å². The van der Waals surface area contributed by atoms with E-state index in [9.17, 15) is 0 Å². The molecule has 0 aliphatic rings. The van der Waals surface area contributed by atoms with Crippen LogP contribution in [0.4, 0.5) is 11.9 Å². The van der Waals surface area contributed by atoms with Crippen molar-refractivity contribution < 1.29 is 0 Å². The van der Waals surface area contributed by atoms with Crippen LogP contribution in [0.3, 0.4) is 0 Å². The summed E-state index contributed by atoms with van der Waals surface area (Å²) in [6, 6.07) is 0. The number of aromatic nitrogens is 3. The summed E-state index contributed by atoms with van der Waals surface area (Å²) in [5.41, 5.74) is 10.7. The summed E-state index contributed by atoms with van der Waals surface area (Å²) in [6.45, 7) is 0. The van der Waals surface area contributed by atoms with Gasteiger partial charge in [-0.3, -0.25) is 5.41 Å². The normalized spacial score (nSPS) is 9.86. The van der Waals surface area contributed by atoms with Crippen LogP contribution in [0.1, 0.15) is 0 Å². The van der Waals surface area contributed by atoms with Gasteiger partial charge in [-0.15, -0.1) is 0 Å². The fourth-order valence-corrected chi connectivity index (χ4v) is 1.17. The van der Waals surface area contributed by atoms with E-state index in [-0.39, 0.29) is 11.1 Å². The molecule has 0 amide bonds. The molecule has 0 fully saturated rings. The molecule has 0 bridgehead atoms. The number of hydrogen-bond donors (Lipinski definition) is 3. The van der Waals surface area contributed by atoms with Gasteiger partial charge in [-0.25, -0.2) is 0 Å². The van der Waals surface area contributed by atoms with Crippen molar-refractivity contribution in [3.05, 3.63) is 0 Å². The monoisotopic (exact) mass is 213 g/mol. The molecule has 0 spiro atoms. The number of nitrogens with zero attached hydrogens (tertiary/aromatic N) is 4. The zero-order valence-corrected chi connectivity index (χ0v) is 8.67. The molecule has 0 radical (unpaired) electrons. The Balaban J connectivity index is 3.01. The van der Waals surface area contributed by atoms with E-state index in [1.165, 1.54) is 0 Å². The Labute approximate surface area is 85.4 Å². The van der Waals surface area contributed by atoms with Crippen LogP contribution in [-0.2, 0) is 0 Å². The number of nitrogens with one attached hydrogen (secondary N) is 1. The molecule has 0 saturated heterocycles. The summed E-state index contributed by atoms with van der Waals surface area (Å²) in [5.74, 6) is 0.564. The lowest BCUT2D eigenvalue weighted by Crippen LogP contribution is -2.15. The largest absolute Gasteiger partial charge is 0.378 e. The fraction of sp³-hybridized carbons (Fsp3) is 0.333. The number of hydrogen-bond acceptors (Lipinski definition) is 7. The van der Waals surface area contributed by atoms with Gasteiger partial charge in [0.2, 0.25) is 17.1 Å². The summed E-state index contributed by atoms with van der Waals surface area (Å²) in [6.07, 6.45) is 0. The third-order valence-electron chi connectivity index (χ3n) is 1.22. The highest BCUT2D eigenvalue weighted by atomic mass is 32.2. The zero-order valence-electron chi connectivity index (χ0n) is 7.85. The number of nitrogens with two attached hydrogens (primary N) is 2. The topological polar surface area (TPSA) is 118 Å². The average molecular weight is 213 g/mol. The molecule has 1 aromatic heterocycles. The van der Waals surface area contributed by atoms with Gasteiger partial charge < -0.3 is 16.4 Å². The standard InChI is InChI=1S/C6H11N7S/c1-13(2)5-10-4(9)11-6(12-5)14-3(7)8/h1-2H3,(H3,7,8)(H2,9,10,11,12). The SMILES string of the molecule is CN(C)c1nc(N)nc(SC(=N)N)n1.